The van der Waals surface area contributed by atoms with Gasteiger partial charge in [-0.05, 0) is 32.6 Å². The molecular weight excluding hydrogens is 222 g/mol. The number of ketones is 1. The number of carbonyl (C=O) groups excluding carboxylic acids is 1. The summed E-state index contributed by atoms with van der Waals surface area (Å²) in [5.74, 6) is -1.93. The molecule has 0 heterocycles. The van der Waals surface area contributed by atoms with Gasteiger partial charge in [-0.25, -0.2) is 4.79 Å². The average Bonchev–Trinajstić information content (AvgIpc) is 2.42. The summed E-state index contributed by atoms with van der Waals surface area (Å²) >= 11 is 0. The van der Waals surface area contributed by atoms with E-state index in [0.717, 1.165) is 25.7 Å². The molecule has 0 saturated heterocycles. The number of rotatable bonds is 4. The van der Waals surface area contributed by atoms with Gasteiger partial charge >= 0.3 is 5.97 Å². The molecule has 0 unspecified atom stereocenters. The molecule has 17 heavy (non-hydrogen) atoms. The van der Waals surface area contributed by atoms with Gasteiger partial charge in [-0.15, -0.1) is 0 Å². The molecule has 0 radical (unpaired) electrons. The Hall–Kier alpha value is -1.39. The number of hydrogen-bond acceptors (Lipinski definition) is 4. The molecule has 0 aliphatic heterocycles. The van der Waals surface area contributed by atoms with E-state index >= 15 is 0 Å². The Labute approximate surface area is 101 Å². The minimum Gasteiger partial charge on any atom is -0.476 e. The summed E-state index contributed by atoms with van der Waals surface area (Å²) in [6.07, 6.45) is 6.13. The first-order chi connectivity index (χ1) is 7.94. The predicted octanol–water partition coefficient (Wildman–Crippen LogP) is 2.15. The highest BCUT2D eigenvalue weighted by molar-refractivity contribution is 6.63. The Morgan fingerprint density at radius 2 is 1.71 bits per heavy atom. The Kier molecular flexibility index (Phi) is 4.66. The van der Waals surface area contributed by atoms with Crippen LogP contribution < -0.4 is 0 Å². The van der Waals surface area contributed by atoms with E-state index in [2.05, 4.69) is 5.16 Å². The highest BCUT2D eigenvalue weighted by Crippen LogP contribution is 2.30. The third-order valence-corrected chi connectivity index (χ3v) is 3.05. The smallest absolute Gasteiger partial charge is 0.361 e. The number of Topliss-reactive ketones (excluding diaryl/α,β-unsaturated/α-hetero) is 1. The zero-order chi connectivity index (χ0) is 12.9. The largest absolute Gasteiger partial charge is 0.476 e. The van der Waals surface area contributed by atoms with Gasteiger partial charge < -0.3 is 9.94 Å². The molecule has 1 saturated carbocycles. The van der Waals surface area contributed by atoms with Crippen LogP contribution in [0.1, 0.15) is 52.4 Å². The zero-order valence-corrected chi connectivity index (χ0v) is 10.4. The summed E-state index contributed by atoms with van der Waals surface area (Å²) in [5, 5.41) is 12.3. The van der Waals surface area contributed by atoms with Gasteiger partial charge in [0.25, 0.3) is 0 Å². The van der Waals surface area contributed by atoms with E-state index in [-0.39, 0.29) is 0 Å². The number of hydrogen-bond donors (Lipinski definition) is 1. The number of aliphatic carboxylic acids is 1. The first-order valence-corrected chi connectivity index (χ1v) is 5.95. The Morgan fingerprint density at radius 1 is 1.18 bits per heavy atom. The highest BCUT2D eigenvalue weighted by atomic mass is 16.7. The minimum absolute atomic E-state index is 0.438. The Bertz CT molecular complexity index is 311. The zero-order valence-electron chi connectivity index (χ0n) is 10.4. The second-order valence-electron chi connectivity index (χ2n) is 4.76. The molecule has 0 atom stereocenters. The van der Waals surface area contributed by atoms with Crippen LogP contribution in [0.4, 0.5) is 0 Å². The summed E-state index contributed by atoms with van der Waals surface area (Å²) in [6.45, 7) is 3.09. The average molecular weight is 241 g/mol. The lowest BCUT2D eigenvalue weighted by Crippen LogP contribution is -2.29. The van der Waals surface area contributed by atoms with E-state index in [0.29, 0.717) is 0 Å². The van der Waals surface area contributed by atoms with Crippen molar-refractivity contribution in [2.75, 3.05) is 0 Å². The summed E-state index contributed by atoms with van der Waals surface area (Å²) in [5.41, 5.74) is -0.970. The molecule has 5 nitrogen and oxygen atoms in total. The SMILES string of the molecule is CC(=O)/C(=N/OC1(C)CCCCCC1)C(=O)O. The summed E-state index contributed by atoms with van der Waals surface area (Å²) in [4.78, 5) is 27.1. The molecule has 1 rings (SSSR count). The third kappa shape index (κ3) is 4.17. The number of carbonyl (C=O) groups is 2. The van der Waals surface area contributed by atoms with Crippen molar-refractivity contribution in [3.63, 3.8) is 0 Å². The standard InChI is InChI=1S/C12H19NO4/c1-9(14)10(11(15)16)13-17-12(2)7-5-3-4-6-8-12/h3-8H2,1-2H3,(H,15,16)/b13-10-. The van der Waals surface area contributed by atoms with Crippen LogP contribution in [0.15, 0.2) is 5.16 Å². The van der Waals surface area contributed by atoms with Gasteiger partial charge in [0.2, 0.25) is 5.71 Å². The molecule has 96 valence electrons. The fourth-order valence-corrected chi connectivity index (χ4v) is 1.98. The van der Waals surface area contributed by atoms with Crippen LogP contribution in [-0.2, 0) is 14.4 Å². The number of carboxylic acids is 1. The van der Waals surface area contributed by atoms with Crippen LogP contribution in [0.2, 0.25) is 0 Å². The van der Waals surface area contributed by atoms with Crippen LogP contribution in [-0.4, -0.2) is 28.2 Å². The molecule has 0 amide bonds. The van der Waals surface area contributed by atoms with E-state index in [9.17, 15) is 9.59 Å². The lowest BCUT2D eigenvalue weighted by atomic mass is 9.97. The summed E-state index contributed by atoms with van der Waals surface area (Å²) in [6, 6.07) is 0. The van der Waals surface area contributed by atoms with Gasteiger partial charge in [-0.3, -0.25) is 4.79 Å². The van der Waals surface area contributed by atoms with Crippen LogP contribution in [0.3, 0.4) is 0 Å². The van der Waals surface area contributed by atoms with Crippen molar-refractivity contribution in [2.24, 2.45) is 5.16 Å². The first-order valence-electron chi connectivity index (χ1n) is 5.95. The third-order valence-electron chi connectivity index (χ3n) is 3.05. The number of nitrogens with zero attached hydrogens (tertiary/aromatic N) is 1. The van der Waals surface area contributed by atoms with E-state index in [1.54, 1.807) is 0 Å². The maximum Gasteiger partial charge on any atom is 0.361 e. The lowest BCUT2D eigenvalue weighted by Gasteiger charge is -2.25. The van der Waals surface area contributed by atoms with E-state index < -0.39 is 23.1 Å². The van der Waals surface area contributed by atoms with E-state index in [1.165, 1.54) is 19.8 Å². The molecule has 0 aromatic heterocycles. The van der Waals surface area contributed by atoms with Crippen LogP contribution in [0, 0.1) is 0 Å². The minimum atomic E-state index is -1.34. The fourth-order valence-electron chi connectivity index (χ4n) is 1.98. The summed E-state index contributed by atoms with van der Waals surface area (Å²) in [7, 11) is 0. The fraction of sp³-hybridized carbons (Fsp3) is 0.750. The van der Waals surface area contributed by atoms with Gasteiger partial charge in [0.15, 0.2) is 5.78 Å². The maximum atomic E-state index is 11.0. The van der Waals surface area contributed by atoms with Crippen molar-refractivity contribution < 1.29 is 19.5 Å². The summed E-state index contributed by atoms with van der Waals surface area (Å²) < 4.78 is 0. The van der Waals surface area contributed by atoms with Crippen molar-refractivity contribution in [2.45, 2.75) is 58.0 Å². The quantitative estimate of drug-likeness (QED) is 0.354. The molecule has 5 heteroatoms. The van der Waals surface area contributed by atoms with Crippen molar-refractivity contribution in [1.29, 1.82) is 0 Å². The van der Waals surface area contributed by atoms with Gasteiger partial charge in [0.05, 0.1) is 0 Å². The van der Waals surface area contributed by atoms with Crippen molar-refractivity contribution in [1.82, 2.24) is 0 Å². The van der Waals surface area contributed by atoms with Gasteiger partial charge in [-0.1, -0.05) is 18.0 Å². The molecular formula is C12H19NO4. The van der Waals surface area contributed by atoms with E-state index in [1.807, 2.05) is 6.92 Å². The van der Waals surface area contributed by atoms with Crippen LogP contribution >= 0.6 is 0 Å². The monoisotopic (exact) mass is 241 g/mol. The lowest BCUT2D eigenvalue weighted by molar-refractivity contribution is -0.130. The topological polar surface area (TPSA) is 76.0 Å². The molecule has 0 bridgehead atoms. The normalized spacial score (nSPS) is 20.5. The number of oxime groups is 1. The van der Waals surface area contributed by atoms with Gasteiger partial charge in [-0.2, -0.15) is 0 Å². The molecule has 1 N–H and O–H groups in total. The van der Waals surface area contributed by atoms with E-state index in [4.69, 9.17) is 9.94 Å². The predicted molar refractivity (Wildman–Crippen MR) is 62.9 cm³/mol. The molecule has 0 aromatic rings. The maximum absolute atomic E-state index is 11.0. The van der Waals surface area contributed by atoms with Crippen molar-refractivity contribution in [3.8, 4) is 0 Å². The van der Waals surface area contributed by atoms with Crippen molar-refractivity contribution >= 4 is 17.5 Å². The van der Waals surface area contributed by atoms with Crippen molar-refractivity contribution in [3.05, 3.63) is 0 Å². The second-order valence-corrected chi connectivity index (χ2v) is 4.76. The molecule has 0 aromatic carbocycles. The highest BCUT2D eigenvalue weighted by Gasteiger charge is 2.29. The van der Waals surface area contributed by atoms with Gasteiger partial charge in [0, 0.05) is 6.92 Å². The molecule has 1 aliphatic carbocycles. The Balaban J connectivity index is 2.71. The van der Waals surface area contributed by atoms with Gasteiger partial charge in [0.1, 0.15) is 5.60 Å². The molecule has 1 aliphatic rings. The van der Waals surface area contributed by atoms with Crippen LogP contribution in [0.25, 0.3) is 0 Å². The second kappa shape index (κ2) is 5.80. The number of carboxylic acid groups (broad SMARTS) is 1. The van der Waals surface area contributed by atoms with Crippen LogP contribution in [0.5, 0.6) is 0 Å². The molecule has 1 fully saturated rings. The first kappa shape index (κ1) is 13.7. The molecule has 0 spiro atoms. The Morgan fingerprint density at radius 3 is 2.12 bits per heavy atom.